The number of pyridine rings is 1. The maximum atomic E-state index is 12.3. The highest BCUT2D eigenvalue weighted by Crippen LogP contribution is 2.31. The van der Waals surface area contributed by atoms with Crippen molar-refractivity contribution in [3.05, 3.63) is 53.7 Å². The van der Waals surface area contributed by atoms with Gasteiger partial charge in [0, 0.05) is 18.8 Å². The van der Waals surface area contributed by atoms with Crippen LogP contribution in [0.25, 0.3) is 0 Å². The van der Waals surface area contributed by atoms with Gasteiger partial charge in [0.05, 0.1) is 25.5 Å². The summed E-state index contributed by atoms with van der Waals surface area (Å²) in [5, 5.41) is 6.17. The number of nitrogens with zero attached hydrogens (tertiary/aromatic N) is 1. The number of benzene rings is 1. The van der Waals surface area contributed by atoms with Crippen LogP contribution in [-0.2, 0) is 0 Å². The number of carbonyl (C=O) groups excluding carboxylic acids is 1. The van der Waals surface area contributed by atoms with Gasteiger partial charge in [-0.05, 0) is 56.4 Å². The molecule has 0 spiro atoms. The van der Waals surface area contributed by atoms with Crippen molar-refractivity contribution in [2.75, 3.05) is 26.1 Å². The number of methoxy groups -OCH3 is 2. The Hall–Kier alpha value is -3.02. The van der Waals surface area contributed by atoms with Gasteiger partial charge in [0.25, 0.3) is 5.91 Å². The van der Waals surface area contributed by atoms with Crippen molar-refractivity contribution < 1.29 is 14.3 Å². The number of aromatic nitrogens is 1. The van der Waals surface area contributed by atoms with E-state index < -0.39 is 0 Å². The van der Waals surface area contributed by atoms with E-state index >= 15 is 0 Å². The Kier molecular flexibility index (Phi) is 6.89. The van der Waals surface area contributed by atoms with Crippen LogP contribution in [0.1, 0.15) is 42.5 Å². The van der Waals surface area contributed by atoms with Gasteiger partial charge in [-0.1, -0.05) is 11.6 Å². The molecule has 1 aromatic heterocycles. The van der Waals surface area contributed by atoms with Crippen molar-refractivity contribution in [1.29, 1.82) is 0 Å². The summed E-state index contributed by atoms with van der Waals surface area (Å²) in [6, 6.07) is 9.02. The summed E-state index contributed by atoms with van der Waals surface area (Å²) in [7, 11) is 3.22. The molecule has 6 nitrogen and oxygen atoms in total. The van der Waals surface area contributed by atoms with Gasteiger partial charge in [-0.15, -0.1) is 0 Å². The van der Waals surface area contributed by atoms with Gasteiger partial charge < -0.3 is 20.1 Å². The van der Waals surface area contributed by atoms with Crippen molar-refractivity contribution in [2.45, 2.75) is 32.1 Å². The van der Waals surface area contributed by atoms with E-state index in [1.54, 1.807) is 32.5 Å². The van der Waals surface area contributed by atoms with Gasteiger partial charge in [-0.2, -0.15) is 0 Å². The minimum atomic E-state index is -0.102. The second kappa shape index (κ2) is 9.78. The Morgan fingerprint density at radius 3 is 2.71 bits per heavy atom. The van der Waals surface area contributed by atoms with E-state index in [1.807, 2.05) is 18.2 Å². The topological polar surface area (TPSA) is 72.5 Å². The molecular formula is C22H27N3O3. The van der Waals surface area contributed by atoms with Crippen molar-refractivity contribution in [1.82, 2.24) is 10.3 Å². The third-order valence-corrected chi connectivity index (χ3v) is 4.81. The van der Waals surface area contributed by atoms with E-state index in [0.29, 0.717) is 29.4 Å². The summed E-state index contributed by atoms with van der Waals surface area (Å²) < 4.78 is 10.6. The highest BCUT2D eigenvalue weighted by molar-refractivity contribution is 5.94. The number of ether oxygens (including phenoxy) is 2. The smallest absolute Gasteiger partial charge is 0.252 e. The van der Waals surface area contributed by atoms with Crippen LogP contribution in [0.4, 0.5) is 11.5 Å². The maximum Gasteiger partial charge on any atom is 0.252 e. The molecule has 148 valence electrons. The SMILES string of the molecule is COc1ccc(OC)c(Nc2ccc(C(=O)NCCC3=CCCCC3)cn2)c1. The quantitative estimate of drug-likeness (QED) is 0.661. The Balaban J connectivity index is 1.57. The lowest BCUT2D eigenvalue weighted by Crippen LogP contribution is -2.25. The molecule has 0 fully saturated rings. The highest BCUT2D eigenvalue weighted by Gasteiger charge is 2.09. The largest absolute Gasteiger partial charge is 0.497 e. The molecule has 6 heteroatoms. The van der Waals surface area contributed by atoms with Crippen molar-refractivity contribution in [2.24, 2.45) is 0 Å². The highest BCUT2D eigenvalue weighted by atomic mass is 16.5. The zero-order valence-electron chi connectivity index (χ0n) is 16.5. The number of rotatable bonds is 8. The molecule has 1 amide bonds. The predicted octanol–water partition coefficient (Wildman–Crippen LogP) is 4.46. The fourth-order valence-corrected chi connectivity index (χ4v) is 3.22. The van der Waals surface area contributed by atoms with Crippen LogP contribution < -0.4 is 20.1 Å². The molecule has 1 heterocycles. The molecule has 0 bridgehead atoms. The van der Waals surface area contributed by atoms with Crippen molar-refractivity contribution in [3.8, 4) is 11.5 Å². The molecule has 0 unspecified atom stereocenters. The molecule has 0 saturated carbocycles. The normalized spacial score (nSPS) is 13.4. The first-order valence-corrected chi connectivity index (χ1v) is 9.61. The van der Waals surface area contributed by atoms with Crippen LogP contribution in [0.3, 0.4) is 0 Å². The molecule has 1 aliphatic carbocycles. The summed E-state index contributed by atoms with van der Waals surface area (Å²) in [6.07, 6.45) is 9.67. The van der Waals surface area contributed by atoms with Crippen LogP contribution in [0.2, 0.25) is 0 Å². The fourth-order valence-electron chi connectivity index (χ4n) is 3.22. The number of carbonyl (C=O) groups is 1. The number of anilines is 2. The second-order valence-electron chi connectivity index (χ2n) is 6.74. The van der Waals surface area contributed by atoms with Gasteiger partial charge in [0.2, 0.25) is 0 Å². The van der Waals surface area contributed by atoms with E-state index in [2.05, 4.69) is 21.7 Å². The van der Waals surface area contributed by atoms with E-state index in [0.717, 1.165) is 18.5 Å². The monoisotopic (exact) mass is 381 g/mol. The average Bonchev–Trinajstić information content (AvgIpc) is 2.75. The number of amides is 1. The van der Waals surface area contributed by atoms with Gasteiger partial charge in [0.1, 0.15) is 17.3 Å². The standard InChI is InChI=1S/C22H27N3O3/c1-27-18-9-10-20(28-2)19(14-18)25-21-11-8-17(15-24-21)22(26)23-13-12-16-6-4-3-5-7-16/h6,8-11,14-15H,3-5,7,12-13H2,1-2H3,(H,23,26)(H,24,25). The summed E-state index contributed by atoms with van der Waals surface area (Å²) in [6.45, 7) is 0.658. The van der Waals surface area contributed by atoms with Crippen LogP contribution in [0.15, 0.2) is 48.2 Å². The Labute approximate surface area is 166 Å². The minimum Gasteiger partial charge on any atom is -0.497 e. The molecule has 28 heavy (non-hydrogen) atoms. The molecular weight excluding hydrogens is 354 g/mol. The Bertz CT molecular complexity index is 831. The van der Waals surface area contributed by atoms with E-state index in [9.17, 15) is 4.79 Å². The minimum absolute atomic E-state index is 0.102. The zero-order chi connectivity index (χ0) is 19.8. The van der Waals surface area contributed by atoms with E-state index in [-0.39, 0.29) is 5.91 Å². The second-order valence-corrected chi connectivity index (χ2v) is 6.74. The molecule has 0 radical (unpaired) electrons. The van der Waals surface area contributed by atoms with Crippen LogP contribution in [-0.4, -0.2) is 31.7 Å². The average molecular weight is 381 g/mol. The first kappa shape index (κ1) is 19.7. The van der Waals surface area contributed by atoms with E-state index in [1.165, 1.54) is 24.8 Å². The van der Waals surface area contributed by atoms with Crippen LogP contribution in [0, 0.1) is 0 Å². The molecule has 1 aliphatic rings. The Morgan fingerprint density at radius 2 is 2.04 bits per heavy atom. The summed E-state index contributed by atoms with van der Waals surface area (Å²) in [5.41, 5.74) is 2.74. The predicted molar refractivity (Wildman–Crippen MR) is 111 cm³/mol. The molecule has 2 aromatic rings. The first-order chi connectivity index (χ1) is 13.7. The molecule has 0 saturated heterocycles. The van der Waals surface area contributed by atoms with Gasteiger partial charge >= 0.3 is 0 Å². The maximum absolute atomic E-state index is 12.3. The number of nitrogens with one attached hydrogen (secondary N) is 2. The van der Waals surface area contributed by atoms with Crippen LogP contribution >= 0.6 is 0 Å². The molecule has 1 aromatic carbocycles. The van der Waals surface area contributed by atoms with Gasteiger partial charge in [-0.3, -0.25) is 4.79 Å². The van der Waals surface area contributed by atoms with Gasteiger partial charge in [0.15, 0.2) is 0 Å². The fraction of sp³-hybridized carbons (Fsp3) is 0.364. The van der Waals surface area contributed by atoms with Crippen molar-refractivity contribution in [3.63, 3.8) is 0 Å². The number of hydrogen-bond donors (Lipinski definition) is 2. The van der Waals surface area contributed by atoms with Crippen molar-refractivity contribution >= 4 is 17.4 Å². The molecule has 2 N–H and O–H groups in total. The molecule has 3 rings (SSSR count). The summed E-state index contributed by atoms with van der Waals surface area (Å²) in [4.78, 5) is 16.7. The zero-order valence-corrected chi connectivity index (χ0v) is 16.5. The van der Waals surface area contributed by atoms with E-state index in [4.69, 9.17) is 9.47 Å². The van der Waals surface area contributed by atoms with Crippen LogP contribution in [0.5, 0.6) is 11.5 Å². The lowest BCUT2D eigenvalue weighted by atomic mass is 9.97. The first-order valence-electron chi connectivity index (χ1n) is 9.61. The molecule has 0 aliphatic heterocycles. The third-order valence-electron chi connectivity index (χ3n) is 4.81. The molecule has 0 atom stereocenters. The summed E-state index contributed by atoms with van der Waals surface area (Å²) in [5.74, 6) is 1.92. The van der Waals surface area contributed by atoms with Gasteiger partial charge in [-0.25, -0.2) is 4.98 Å². The summed E-state index contributed by atoms with van der Waals surface area (Å²) >= 11 is 0. The lowest BCUT2D eigenvalue weighted by Gasteiger charge is -2.13. The Morgan fingerprint density at radius 1 is 1.14 bits per heavy atom. The lowest BCUT2D eigenvalue weighted by molar-refractivity contribution is 0.0953. The number of allylic oxidation sites excluding steroid dienone is 1. The third kappa shape index (κ3) is 5.25. The number of hydrogen-bond acceptors (Lipinski definition) is 5.